The fourth-order valence-electron chi connectivity index (χ4n) is 1.59. The molecule has 0 bridgehead atoms. The molecule has 0 saturated carbocycles. The molecule has 0 radical (unpaired) electrons. The Hall–Kier alpha value is -1.95. The van der Waals surface area contributed by atoms with Crippen molar-refractivity contribution in [2.75, 3.05) is 12.4 Å². The summed E-state index contributed by atoms with van der Waals surface area (Å²) in [5, 5.41) is 15.2. The first-order valence-corrected chi connectivity index (χ1v) is 5.93. The van der Waals surface area contributed by atoms with Crippen LogP contribution in [0.2, 0.25) is 0 Å². The molecule has 6 nitrogen and oxygen atoms in total. The first kappa shape index (κ1) is 12.5. The van der Waals surface area contributed by atoms with Crippen LogP contribution in [-0.4, -0.2) is 33.5 Å². The Morgan fingerprint density at radius 1 is 1.33 bits per heavy atom. The molecule has 96 valence electrons. The van der Waals surface area contributed by atoms with Crippen molar-refractivity contribution >= 4 is 5.95 Å². The van der Waals surface area contributed by atoms with Gasteiger partial charge in [-0.2, -0.15) is 4.80 Å². The van der Waals surface area contributed by atoms with E-state index in [1.807, 2.05) is 37.3 Å². The maximum Gasteiger partial charge on any atom is 0.265 e. The van der Waals surface area contributed by atoms with Crippen LogP contribution in [-0.2, 0) is 11.3 Å². The van der Waals surface area contributed by atoms with Crippen LogP contribution in [0.1, 0.15) is 18.9 Å². The molecule has 6 heteroatoms. The van der Waals surface area contributed by atoms with Gasteiger partial charge >= 0.3 is 0 Å². The molecule has 18 heavy (non-hydrogen) atoms. The summed E-state index contributed by atoms with van der Waals surface area (Å²) in [5.41, 5.74) is 1.14. The summed E-state index contributed by atoms with van der Waals surface area (Å²) in [6.07, 6.45) is 0.753. The monoisotopic (exact) mass is 247 g/mol. The minimum atomic E-state index is -0.0839. The van der Waals surface area contributed by atoms with Crippen LogP contribution in [0.15, 0.2) is 30.3 Å². The van der Waals surface area contributed by atoms with Gasteiger partial charge in [-0.3, -0.25) is 0 Å². The molecule has 1 heterocycles. The lowest BCUT2D eigenvalue weighted by atomic mass is 10.2. The van der Waals surface area contributed by atoms with Crippen molar-refractivity contribution in [3.05, 3.63) is 35.9 Å². The molecule has 0 saturated heterocycles. The smallest absolute Gasteiger partial charge is 0.265 e. The first-order chi connectivity index (χ1) is 8.81. The lowest BCUT2D eigenvalue weighted by Gasteiger charge is -2.12. The van der Waals surface area contributed by atoms with Crippen molar-refractivity contribution in [2.45, 2.75) is 26.1 Å². The maximum absolute atomic E-state index is 5.20. The molecule has 0 aliphatic carbocycles. The van der Waals surface area contributed by atoms with E-state index >= 15 is 0 Å². The predicted molar refractivity (Wildman–Crippen MR) is 68.1 cm³/mol. The number of nitrogens with zero attached hydrogens (tertiary/aromatic N) is 4. The highest BCUT2D eigenvalue weighted by Crippen LogP contribution is 2.04. The normalized spacial score (nSPS) is 12.3. The van der Waals surface area contributed by atoms with Crippen LogP contribution in [0.5, 0.6) is 0 Å². The number of hydrogen-bond donors (Lipinski definition) is 1. The van der Waals surface area contributed by atoms with E-state index in [1.54, 1.807) is 11.9 Å². The number of nitrogens with one attached hydrogen (secondary N) is 1. The standard InChI is InChI=1S/C12H17N5O/c1-3-11(18-2)13-12-14-16-17(15-12)9-10-7-5-4-6-8-10/h4-8,11H,3,9H2,1-2H3,(H,13,15). The second-order valence-corrected chi connectivity index (χ2v) is 3.91. The van der Waals surface area contributed by atoms with E-state index in [0.717, 1.165) is 12.0 Å². The van der Waals surface area contributed by atoms with Gasteiger partial charge in [-0.05, 0) is 17.2 Å². The van der Waals surface area contributed by atoms with E-state index in [1.165, 1.54) is 0 Å². The van der Waals surface area contributed by atoms with Crippen molar-refractivity contribution < 1.29 is 4.74 Å². The number of anilines is 1. The van der Waals surface area contributed by atoms with Crippen LogP contribution in [0, 0.1) is 0 Å². The quantitative estimate of drug-likeness (QED) is 0.784. The highest BCUT2D eigenvalue weighted by Gasteiger charge is 2.08. The third-order valence-corrected chi connectivity index (χ3v) is 2.57. The molecule has 2 aromatic rings. The zero-order valence-corrected chi connectivity index (χ0v) is 10.6. The van der Waals surface area contributed by atoms with Crippen molar-refractivity contribution in [3.63, 3.8) is 0 Å². The number of tetrazole rings is 1. The van der Waals surface area contributed by atoms with E-state index in [4.69, 9.17) is 4.74 Å². The van der Waals surface area contributed by atoms with Gasteiger partial charge in [0.2, 0.25) is 0 Å². The van der Waals surface area contributed by atoms with E-state index in [2.05, 4.69) is 20.7 Å². The second kappa shape index (κ2) is 6.11. The summed E-state index contributed by atoms with van der Waals surface area (Å²) in [6, 6.07) is 10.0. The summed E-state index contributed by atoms with van der Waals surface area (Å²) in [5.74, 6) is 0.486. The van der Waals surface area contributed by atoms with Gasteiger partial charge in [-0.25, -0.2) is 0 Å². The molecule has 1 unspecified atom stereocenters. The van der Waals surface area contributed by atoms with Crippen molar-refractivity contribution in [1.29, 1.82) is 0 Å². The molecule has 0 aliphatic rings. The highest BCUT2D eigenvalue weighted by atomic mass is 16.5. The number of benzene rings is 1. The molecule has 0 fully saturated rings. The SMILES string of the molecule is CCC(Nc1nnn(Cc2ccccc2)n1)OC. The predicted octanol–water partition coefficient (Wildman–Crippen LogP) is 1.52. The van der Waals surface area contributed by atoms with E-state index in [9.17, 15) is 0 Å². The van der Waals surface area contributed by atoms with E-state index in [-0.39, 0.29) is 6.23 Å². The Morgan fingerprint density at radius 2 is 2.11 bits per heavy atom. The third-order valence-electron chi connectivity index (χ3n) is 2.57. The van der Waals surface area contributed by atoms with Gasteiger partial charge in [-0.15, -0.1) is 5.10 Å². The second-order valence-electron chi connectivity index (χ2n) is 3.91. The van der Waals surface area contributed by atoms with Gasteiger partial charge in [-0.1, -0.05) is 42.4 Å². The van der Waals surface area contributed by atoms with Crippen LogP contribution in [0.3, 0.4) is 0 Å². The summed E-state index contributed by atoms with van der Waals surface area (Å²) < 4.78 is 5.20. The van der Waals surface area contributed by atoms with Crippen LogP contribution in [0.4, 0.5) is 5.95 Å². The summed E-state index contributed by atoms with van der Waals surface area (Å²) in [4.78, 5) is 1.56. The van der Waals surface area contributed by atoms with Gasteiger partial charge in [0.25, 0.3) is 5.95 Å². The highest BCUT2D eigenvalue weighted by molar-refractivity contribution is 5.20. The molecule has 0 spiro atoms. The molecule has 2 rings (SSSR count). The molecule has 1 N–H and O–H groups in total. The fourth-order valence-corrected chi connectivity index (χ4v) is 1.59. The molecule has 0 aliphatic heterocycles. The summed E-state index contributed by atoms with van der Waals surface area (Å²) >= 11 is 0. The molecular formula is C12H17N5O. The zero-order valence-electron chi connectivity index (χ0n) is 10.6. The maximum atomic E-state index is 5.20. The van der Waals surface area contributed by atoms with Gasteiger partial charge < -0.3 is 10.1 Å². The zero-order chi connectivity index (χ0) is 12.8. The Balaban J connectivity index is 1.98. The average Bonchev–Trinajstić information content (AvgIpc) is 2.84. The minimum absolute atomic E-state index is 0.0839. The molecule has 0 amide bonds. The Kier molecular flexibility index (Phi) is 4.25. The van der Waals surface area contributed by atoms with Crippen LogP contribution >= 0.6 is 0 Å². The Bertz CT molecular complexity index is 466. The van der Waals surface area contributed by atoms with Crippen molar-refractivity contribution in [2.24, 2.45) is 0 Å². The third kappa shape index (κ3) is 3.27. The van der Waals surface area contributed by atoms with Gasteiger partial charge in [0.15, 0.2) is 0 Å². The van der Waals surface area contributed by atoms with Crippen molar-refractivity contribution in [1.82, 2.24) is 20.2 Å². The lowest BCUT2D eigenvalue weighted by molar-refractivity contribution is 0.121. The summed E-state index contributed by atoms with van der Waals surface area (Å²) in [6.45, 7) is 2.63. The molecular weight excluding hydrogens is 230 g/mol. The summed E-state index contributed by atoms with van der Waals surface area (Å²) in [7, 11) is 1.65. The average molecular weight is 247 g/mol. The Labute approximate surface area is 106 Å². The number of rotatable bonds is 6. The largest absolute Gasteiger partial charge is 0.362 e. The first-order valence-electron chi connectivity index (χ1n) is 5.93. The molecule has 1 aromatic heterocycles. The van der Waals surface area contributed by atoms with Crippen LogP contribution < -0.4 is 5.32 Å². The van der Waals surface area contributed by atoms with E-state index in [0.29, 0.717) is 12.5 Å². The Morgan fingerprint density at radius 3 is 2.78 bits per heavy atom. The van der Waals surface area contributed by atoms with Crippen LogP contribution in [0.25, 0.3) is 0 Å². The minimum Gasteiger partial charge on any atom is -0.362 e. The molecule has 1 atom stereocenters. The molecule has 1 aromatic carbocycles. The number of aromatic nitrogens is 4. The number of ether oxygens (including phenoxy) is 1. The topological polar surface area (TPSA) is 64.9 Å². The number of methoxy groups -OCH3 is 1. The van der Waals surface area contributed by atoms with Gasteiger partial charge in [0, 0.05) is 7.11 Å². The van der Waals surface area contributed by atoms with Crippen molar-refractivity contribution in [3.8, 4) is 0 Å². The van der Waals surface area contributed by atoms with Gasteiger partial charge in [0.05, 0.1) is 6.54 Å². The van der Waals surface area contributed by atoms with E-state index < -0.39 is 0 Å². The number of hydrogen-bond acceptors (Lipinski definition) is 5. The lowest BCUT2D eigenvalue weighted by Crippen LogP contribution is -2.21. The van der Waals surface area contributed by atoms with Gasteiger partial charge in [0.1, 0.15) is 6.23 Å². The fraction of sp³-hybridized carbons (Fsp3) is 0.417.